The van der Waals surface area contributed by atoms with E-state index in [4.69, 9.17) is 4.74 Å². The van der Waals surface area contributed by atoms with Gasteiger partial charge in [0.05, 0.1) is 0 Å². The third-order valence-electron chi connectivity index (χ3n) is 4.25. The second kappa shape index (κ2) is 5.72. The molecule has 3 rings (SSSR count). The molecule has 0 N–H and O–H groups in total. The van der Waals surface area contributed by atoms with E-state index in [1.54, 1.807) is 0 Å². The summed E-state index contributed by atoms with van der Waals surface area (Å²) >= 11 is 0. The summed E-state index contributed by atoms with van der Waals surface area (Å²) < 4.78 is 5.48. The Bertz CT molecular complexity index is 659. The van der Waals surface area contributed by atoms with Crippen LogP contribution in [0.5, 0.6) is 5.75 Å². The maximum Gasteiger partial charge on any atom is 0.323 e. The highest BCUT2D eigenvalue weighted by atomic mass is 16.5. The fraction of sp³-hybridized carbons (Fsp3) is 0.316. The van der Waals surface area contributed by atoms with Crippen molar-refractivity contribution in [2.24, 2.45) is 0 Å². The maximum atomic E-state index is 12.3. The molecule has 108 valence electrons. The van der Waals surface area contributed by atoms with Crippen LogP contribution in [-0.4, -0.2) is 5.97 Å². The number of ether oxygens (including phenoxy) is 1. The molecule has 0 saturated heterocycles. The maximum absolute atomic E-state index is 12.3. The van der Waals surface area contributed by atoms with Gasteiger partial charge in [-0.2, -0.15) is 0 Å². The quantitative estimate of drug-likeness (QED) is 0.613. The summed E-state index contributed by atoms with van der Waals surface area (Å²) in [5, 5.41) is 0. The van der Waals surface area contributed by atoms with Gasteiger partial charge in [-0.1, -0.05) is 49.7 Å². The average Bonchev–Trinajstić information content (AvgIpc) is 2.84. The Labute approximate surface area is 125 Å². The minimum absolute atomic E-state index is 0.160. The molecule has 0 spiro atoms. The van der Waals surface area contributed by atoms with Gasteiger partial charge < -0.3 is 4.74 Å². The Morgan fingerprint density at radius 2 is 1.86 bits per heavy atom. The third kappa shape index (κ3) is 2.46. The van der Waals surface area contributed by atoms with E-state index in [0.717, 1.165) is 23.3 Å². The number of esters is 1. The Morgan fingerprint density at radius 1 is 1.10 bits per heavy atom. The topological polar surface area (TPSA) is 26.3 Å². The molecule has 0 amide bonds. The van der Waals surface area contributed by atoms with E-state index in [-0.39, 0.29) is 11.9 Å². The summed E-state index contributed by atoms with van der Waals surface area (Å²) in [6.45, 7) is 4.31. The zero-order chi connectivity index (χ0) is 14.8. The molecule has 0 aliphatic carbocycles. The van der Waals surface area contributed by atoms with Crippen molar-refractivity contribution in [3.8, 4) is 5.75 Å². The van der Waals surface area contributed by atoms with Crippen LogP contribution in [0.2, 0.25) is 0 Å². The van der Waals surface area contributed by atoms with Gasteiger partial charge in [0.2, 0.25) is 0 Å². The summed E-state index contributed by atoms with van der Waals surface area (Å²) in [6, 6.07) is 14.0. The molecule has 0 radical (unpaired) electrons. The molecule has 2 aromatic carbocycles. The number of rotatable bonds is 4. The van der Waals surface area contributed by atoms with Crippen molar-refractivity contribution >= 4 is 5.97 Å². The second-order valence-electron chi connectivity index (χ2n) is 5.63. The van der Waals surface area contributed by atoms with Gasteiger partial charge in [-0.25, -0.2) is 0 Å². The molecule has 0 fully saturated rings. The summed E-state index contributed by atoms with van der Waals surface area (Å²) in [6.07, 6.45) is 3.41. The molecule has 1 heterocycles. The molecular formula is C19H20O2. The van der Waals surface area contributed by atoms with Gasteiger partial charge >= 0.3 is 5.97 Å². The molecule has 1 aliphatic rings. The van der Waals surface area contributed by atoms with Crippen LogP contribution in [-0.2, 0) is 11.2 Å². The highest BCUT2D eigenvalue weighted by Crippen LogP contribution is 2.42. The van der Waals surface area contributed by atoms with Crippen molar-refractivity contribution in [1.82, 2.24) is 0 Å². The van der Waals surface area contributed by atoms with Crippen LogP contribution in [0.15, 0.2) is 42.5 Å². The zero-order valence-electron chi connectivity index (χ0n) is 12.6. The fourth-order valence-electron chi connectivity index (χ4n) is 3.07. The van der Waals surface area contributed by atoms with E-state index < -0.39 is 0 Å². The van der Waals surface area contributed by atoms with Gasteiger partial charge in [0.25, 0.3) is 0 Å². The second-order valence-corrected chi connectivity index (χ2v) is 5.63. The minimum atomic E-state index is -0.275. The zero-order valence-corrected chi connectivity index (χ0v) is 12.6. The molecule has 2 heteroatoms. The number of hydrogen-bond acceptors (Lipinski definition) is 2. The van der Waals surface area contributed by atoms with Crippen molar-refractivity contribution in [3.63, 3.8) is 0 Å². The van der Waals surface area contributed by atoms with Crippen LogP contribution in [0.1, 0.15) is 47.9 Å². The summed E-state index contributed by atoms with van der Waals surface area (Å²) in [5.41, 5.74) is 4.60. The van der Waals surface area contributed by atoms with Gasteiger partial charge in [-0.3, -0.25) is 4.79 Å². The van der Waals surface area contributed by atoms with Crippen molar-refractivity contribution in [2.45, 2.75) is 39.0 Å². The lowest BCUT2D eigenvalue weighted by Crippen LogP contribution is -2.12. The van der Waals surface area contributed by atoms with Crippen LogP contribution in [0.3, 0.4) is 0 Å². The monoisotopic (exact) mass is 280 g/mol. The highest BCUT2D eigenvalue weighted by molar-refractivity contribution is 5.90. The van der Waals surface area contributed by atoms with Crippen LogP contribution in [0, 0.1) is 6.92 Å². The molecule has 1 atom stereocenters. The molecule has 2 nitrogen and oxygen atoms in total. The average molecular weight is 280 g/mol. The number of aryl methyl sites for hydroxylation is 1. The molecule has 1 aliphatic heterocycles. The number of carbonyl (C=O) groups excluding carboxylic acids is 1. The van der Waals surface area contributed by atoms with Gasteiger partial charge in [0.1, 0.15) is 11.7 Å². The van der Waals surface area contributed by atoms with Crippen LogP contribution >= 0.6 is 0 Å². The third-order valence-corrected chi connectivity index (χ3v) is 4.25. The van der Waals surface area contributed by atoms with E-state index >= 15 is 0 Å². The first kappa shape index (κ1) is 13.9. The van der Waals surface area contributed by atoms with E-state index in [9.17, 15) is 4.79 Å². The highest BCUT2D eigenvalue weighted by Gasteiger charge is 2.36. The van der Waals surface area contributed by atoms with Crippen molar-refractivity contribution in [3.05, 3.63) is 64.7 Å². The lowest BCUT2D eigenvalue weighted by molar-refractivity contribution is -0.133. The lowest BCUT2D eigenvalue weighted by atomic mass is 9.87. The van der Waals surface area contributed by atoms with E-state index in [0.29, 0.717) is 0 Å². The largest absolute Gasteiger partial charge is 0.425 e. The van der Waals surface area contributed by atoms with Crippen LogP contribution in [0.4, 0.5) is 0 Å². The van der Waals surface area contributed by atoms with Crippen molar-refractivity contribution in [2.75, 3.05) is 0 Å². The number of hydrogen-bond donors (Lipinski definition) is 0. The summed E-state index contributed by atoms with van der Waals surface area (Å²) in [5.74, 6) is 0.293. The number of benzene rings is 2. The predicted octanol–water partition coefficient (Wildman–Crippen LogP) is 4.39. The van der Waals surface area contributed by atoms with Gasteiger partial charge in [-0.15, -0.1) is 0 Å². The molecule has 0 aromatic heterocycles. The van der Waals surface area contributed by atoms with Gasteiger partial charge in [0.15, 0.2) is 0 Å². The number of carbonyl (C=O) groups is 1. The number of unbranched alkanes of at least 4 members (excludes halogenated alkanes) is 1. The Balaban J connectivity index is 2.06. The minimum Gasteiger partial charge on any atom is -0.425 e. The fourth-order valence-corrected chi connectivity index (χ4v) is 3.07. The van der Waals surface area contributed by atoms with E-state index in [2.05, 4.69) is 19.9 Å². The molecule has 0 bridgehead atoms. The molecule has 0 saturated carbocycles. The van der Waals surface area contributed by atoms with Crippen molar-refractivity contribution in [1.29, 1.82) is 0 Å². The molecular weight excluding hydrogens is 260 g/mol. The standard InChI is InChI=1S/C19H20O2/c1-3-4-8-14-11-12-16-17(13(14)2)18(19(20)21-16)15-9-6-5-7-10-15/h5-7,9-12,18H,3-4,8H2,1-2H3. The summed E-state index contributed by atoms with van der Waals surface area (Å²) in [4.78, 5) is 12.3. The van der Waals surface area contributed by atoms with Crippen LogP contribution < -0.4 is 4.74 Å². The van der Waals surface area contributed by atoms with Crippen molar-refractivity contribution < 1.29 is 9.53 Å². The molecule has 2 aromatic rings. The SMILES string of the molecule is CCCCc1ccc2c(c1C)C(c1ccccc1)C(=O)O2. The normalized spacial score (nSPS) is 16.7. The Hall–Kier alpha value is -2.09. The first-order valence-corrected chi connectivity index (χ1v) is 7.61. The Kier molecular flexibility index (Phi) is 3.78. The first-order valence-electron chi connectivity index (χ1n) is 7.61. The lowest BCUT2D eigenvalue weighted by Gasteiger charge is -2.13. The van der Waals surface area contributed by atoms with Crippen LogP contribution in [0.25, 0.3) is 0 Å². The van der Waals surface area contributed by atoms with Gasteiger partial charge in [-0.05, 0) is 42.5 Å². The molecule has 1 unspecified atom stereocenters. The first-order chi connectivity index (χ1) is 10.2. The Morgan fingerprint density at radius 3 is 2.57 bits per heavy atom. The van der Waals surface area contributed by atoms with E-state index in [1.807, 2.05) is 36.4 Å². The van der Waals surface area contributed by atoms with E-state index in [1.165, 1.54) is 24.0 Å². The predicted molar refractivity (Wildman–Crippen MR) is 83.7 cm³/mol. The van der Waals surface area contributed by atoms with Gasteiger partial charge in [0, 0.05) is 5.56 Å². The smallest absolute Gasteiger partial charge is 0.323 e. The molecule has 21 heavy (non-hydrogen) atoms. The number of fused-ring (bicyclic) bond motifs is 1. The summed E-state index contributed by atoms with van der Waals surface area (Å²) in [7, 11) is 0.